The van der Waals surface area contributed by atoms with Gasteiger partial charge < -0.3 is 14.2 Å². The molecular formula is C19H17BrN2O5. The van der Waals surface area contributed by atoms with Gasteiger partial charge >= 0.3 is 0 Å². The number of benzene rings is 2. The Labute approximate surface area is 164 Å². The van der Waals surface area contributed by atoms with Gasteiger partial charge in [-0.25, -0.2) is 5.01 Å². The number of nitrogens with zero attached hydrogens (tertiary/aromatic N) is 1. The lowest BCUT2D eigenvalue weighted by Gasteiger charge is -2.14. The predicted molar refractivity (Wildman–Crippen MR) is 104 cm³/mol. The second kappa shape index (κ2) is 7.71. The van der Waals surface area contributed by atoms with Gasteiger partial charge in [-0.1, -0.05) is 15.9 Å². The lowest BCUT2D eigenvalue weighted by Crippen LogP contribution is -2.35. The van der Waals surface area contributed by atoms with Crippen molar-refractivity contribution in [2.45, 2.75) is 0 Å². The SMILES string of the molecule is COc1cc(/C=C2/C(=O)NN(c3ccc(Br)cc3)C2=O)cc(OC)c1OC. The molecule has 140 valence electrons. The van der Waals surface area contributed by atoms with Crippen LogP contribution in [0.3, 0.4) is 0 Å². The second-order valence-corrected chi connectivity index (χ2v) is 6.49. The molecule has 2 amide bonds. The highest BCUT2D eigenvalue weighted by molar-refractivity contribution is 9.10. The maximum atomic E-state index is 12.7. The summed E-state index contributed by atoms with van der Waals surface area (Å²) in [5.74, 6) is 0.354. The number of amides is 2. The normalized spacial score (nSPS) is 15.1. The molecule has 2 aromatic carbocycles. The highest BCUT2D eigenvalue weighted by Gasteiger charge is 2.34. The molecule has 27 heavy (non-hydrogen) atoms. The summed E-state index contributed by atoms with van der Waals surface area (Å²) in [6, 6.07) is 10.4. The molecule has 0 spiro atoms. The van der Waals surface area contributed by atoms with Gasteiger partial charge in [-0.05, 0) is 48.0 Å². The molecule has 0 bridgehead atoms. The number of rotatable bonds is 5. The van der Waals surface area contributed by atoms with Crippen LogP contribution in [0.5, 0.6) is 17.2 Å². The Morgan fingerprint density at radius 1 is 0.963 bits per heavy atom. The van der Waals surface area contributed by atoms with Crippen LogP contribution in [-0.2, 0) is 9.59 Å². The van der Waals surface area contributed by atoms with Crippen LogP contribution in [0.4, 0.5) is 5.69 Å². The minimum absolute atomic E-state index is 0.00666. The van der Waals surface area contributed by atoms with Gasteiger partial charge in [0.05, 0.1) is 27.0 Å². The van der Waals surface area contributed by atoms with Crippen molar-refractivity contribution in [1.82, 2.24) is 5.43 Å². The molecule has 1 heterocycles. The van der Waals surface area contributed by atoms with Crippen molar-refractivity contribution in [2.24, 2.45) is 0 Å². The summed E-state index contributed by atoms with van der Waals surface area (Å²) in [7, 11) is 4.50. The van der Waals surface area contributed by atoms with Gasteiger partial charge in [0.1, 0.15) is 5.57 Å². The fourth-order valence-electron chi connectivity index (χ4n) is 2.68. The van der Waals surface area contributed by atoms with Crippen molar-refractivity contribution in [2.75, 3.05) is 26.3 Å². The number of hydrogen-bond acceptors (Lipinski definition) is 5. The molecule has 1 N–H and O–H groups in total. The number of carbonyl (C=O) groups is 2. The van der Waals surface area contributed by atoms with Crippen molar-refractivity contribution >= 4 is 39.5 Å². The number of nitrogens with one attached hydrogen (secondary N) is 1. The average molecular weight is 433 g/mol. The molecule has 0 aliphatic carbocycles. The summed E-state index contributed by atoms with van der Waals surface area (Å²) < 4.78 is 16.8. The van der Waals surface area contributed by atoms with E-state index in [0.717, 1.165) is 4.47 Å². The third-order valence-electron chi connectivity index (χ3n) is 3.97. The summed E-state index contributed by atoms with van der Waals surface area (Å²) in [5, 5.41) is 1.21. The van der Waals surface area contributed by atoms with Crippen molar-refractivity contribution in [3.8, 4) is 17.2 Å². The first-order valence-electron chi connectivity index (χ1n) is 7.91. The van der Waals surface area contributed by atoms with Crippen molar-refractivity contribution < 1.29 is 23.8 Å². The predicted octanol–water partition coefficient (Wildman–Crippen LogP) is 2.94. The minimum atomic E-state index is -0.489. The molecule has 0 saturated carbocycles. The largest absolute Gasteiger partial charge is 0.493 e. The minimum Gasteiger partial charge on any atom is -0.493 e. The number of hydrogen-bond donors (Lipinski definition) is 1. The fraction of sp³-hybridized carbons (Fsp3) is 0.158. The van der Waals surface area contributed by atoms with Gasteiger partial charge in [0, 0.05) is 4.47 Å². The van der Waals surface area contributed by atoms with Gasteiger partial charge in [-0.15, -0.1) is 0 Å². The Hall–Kier alpha value is -3.00. The van der Waals surface area contributed by atoms with Crippen LogP contribution >= 0.6 is 15.9 Å². The molecule has 1 aliphatic heterocycles. The van der Waals surface area contributed by atoms with E-state index in [0.29, 0.717) is 28.5 Å². The Balaban J connectivity index is 1.98. The van der Waals surface area contributed by atoms with E-state index in [1.54, 1.807) is 36.4 Å². The molecule has 1 saturated heterocycles. The first kappa shape index (κ1) is 18.8. The van der Waals surface area contributed by atoms with Crippen LogP contribution in [0.2, 0.25) is 0 Å². The van der Waals surface area contributed by atoms with E-state index in [1.165, 1.54) is 32.4 Å². The maximum Gasteiger partial charge on any atom is 0.282 e. The Bertz CT molecular complexity index is 899. The molecule has 0 radical (unpaired) electrons. The molecule has 7 nitrogen and oxygen atoms in total. The number of halogens is 1. The smallest absolute Gasteiger partial charge is 0.282 e. The molecule has 1 fully saturated rings. The zero-order valence-electron chi connectivity index (χ0n) is 14.9. The first-order chi connectivity index (χ1) is 13.0. The third-order valence-corrected chi connectivity index (χ3v) is 4.50. The number of anilines is 1. The Morgan fingerprint density at radius 3 is 2.07 bits per heavy atom. The fourth-order valence-corrected chi connectivity index (χ4v) is 2.95. The molecule has 3 rings (SSSR count). The zero-order valence-corrected chi connectivity index (χ0v) is 16.5. The van der Waals surface area contributed by atoms with Crippen LogP contribution < -0.4 is 24.6 Å². The average Bonchev–Trinajstić information content (AvgIpc) is 2.96. The highest BCUT2D eigenvalue weighted by atomic mass is 79.9. The summed E-state index contributed by atoms with van der Waals surface area (Å²) in [4.78, 5) is 25.0. The van der Waals surface area contributed by atoms with Crippen molar-refractivity contribution in [3.05, 3.63) is 52.0 Å². The Kier molecular flexibility index (Phi) is 5.36. The van der Waals surface area contributed by atoms with Gasteiger partial charge in [0.15, 0.2) is 11.5 Å². The maximum absolute atomic E-state index is 12.7. The third kappa shape index (κ3) is 3.61. The molecule has 8 heteroatoms. The van der Waals surface area contributed by atoms with E-state index in [1.807, 2.05) is 0 Å². The molecule has 2 aromatic rings. The van der Waals surface area contributed by atoms with E-state index in [-0.39, 0.29) is 5.57 Å². The molecule has 0 unspecified atom stereocenters. The molecular weight excluding hydrogens is 416 g/mol. The molecule has 1 aliphatic rings. The van der Waals surface area contributed by atoms with Crippen LogP contribution in [0.15, 0.2) is 46.4 Å². The molecule has 0 aromatic heterocycles. The standard InChI is InChI=1S/C19H17BrN2O5/c1-25-15-9-11(10-16(26-2)17(15)27-3)8-14-18(23)21-22(19(14)24)13-6-4-12(20)5-7-13/h4-10H,1-3H3,(H,21,23)/b14-8-. The Morgan fingerprint density at radius 2 is 1.56 bits per heavy atom. The van der Waals surface area contributed by atoms with Crippen LogP contribution in [-0.4, -0.2) is 33.1 Å². The quantitative estimate of drug-likeness (QED) is 0.580. The van der Waals surface area contributed by atoms with E-state index in [2.05, 4.69) is 21.4 Å². The summed E-state index contributed by atoms with van der Waals surface area (Å²) in [6.07, 6.45) is 1.49. The van der Waals surface area contributed by atoms with E-state index in [4.69, 9.17) is 14.2 Å². The van der Waals surface area contributed by atoms with E-state index >= 15 is 0 Å². The molecule has 0 atom stereocenters. The lowest BCUT2D eigenvalue weighted by molar-refractivity contribution is -0.117. The number of methoxy groups -OCH3 is 3. The van der Waals surface area contributed by atoms with E-state index in [9.17, 15) is 9.59 Å². The highest BCUT2D eigenvalue weighted by Crippen LogP contribution is 2.39. The summed E-state index contributed by atoms with van der Waals surface area (Å²) >= 11 is 3.34. The number of carbonyl (C=O) groups excluding carboxylic acids is 2. The lowest BCUT2D eigenvalue weighted by atomic mass is 10.1. The van der Waals surface area contributed by atoms with E-state index < -0.39 is 11.8 Å². The van der Waals surface area contributed by atoms with Crippen molar-refractivity contribution in [3.63, 3.8) is 0 Å². The van der Waals surface area contributed by atoms with Crippen molar-refractivity contribution in [1.29, 1.82) is 0 Å². The van der Waals surface area contributed by atoms with Crippen LogP contribution in [0.1, 0.15) is 5.56 Å². The second-order valence-electron chi connectivity index (χ2n) is 5.57. The van der Waals surface area contributed by atoms with Crippen LogP contribution in [0, 0.1) is 0 Å². The topological polar surface area (TPSA) is 77.1 Å². The summed E-state index contributed by atoms with van der Waals surface area (Å²) in [5.41, 5.74) is 3.70. The number of hydrazine groups is 1. The zero-order chi connectivity index (χ0) is 19.6. The van der Waals surface area contributed by atoms with Crippen LogP contribution in [0.25, 0.3) is 6.08 Å². The van der Waals surface area contributed by atoms with Gasteiger partial charge in [0.2, 0.25) is 5.75 Å². The van der Waals surface area contributed by atoms with Gasteiger partial charge in [-0.2, -0.15) is 0 Å². The monoisotopic (exact) mass is 432 g/mol. The number of ether oxygens (including phenoxy) is 3. The first-order valence-corrected chi connectivity index (χ1v) is 8.70. The van der Waals surface area contributed by atoms with Gasteiger partial charge in [0.25, 0.3) is 11.8 Å². The van der Waals surface area contributed by atoms with Gasteiger partial charge in [-0.3, -0.25) is 15.0 Å². The summed E-state index contributed by atoms with van der Waals surface area (Å²) in [6.45, 7) is 0.